The molecule has 11 heteroatoms. The van der Waals surface area contributed by atoms with Gasteiger partial charge >= 0.3 is 6.18 Å². The van der Waals surface area contributed by atoms with Crippen LogP contribution in [0.1, 0.15) is 61.3 Å². The van der Waals surface area contributed by atoms with Crippen molar-refractivity contribution in [1.29, 1.82) is 0 Å². The van der Waals surface area contributed by atoms with E-state index in [1.165, 1.54) is 23.1 Å². The van der Waals surface area contributed by atoms with Gasteiger partial charge in [-0.25, -0.2) is 8.42 Å². The van der Waals surface area contributed by atoms with E-state index in [2.05, 4.69) is 5.32 Å². The molecule has 1 aliphatic rings. The maximum Gasteiger partial charge on any atom is 0.416 e. The molecule has 0 radical (unpaired) electrons. The van der Waals surface area contributed by atoms with Gasteiger partial charge in [-0.3, -0.25) is 13.9 Å². The molecular weight excluding hydrogens is 591 g/mol. The van der Waals surface area contributed by atoms with E-state index in [1.807, 2.05) is 25.1 Å². The third-order valence-electron chi connectivity index (χ3n) is 8.07. The van der Waals surface area contributed by atoms with Crippen LogP contribution in [0.15, 0.2) is 77.7 Å². The minimum atomic E-state index is -4.73. The molecule has 1 atom stereocenters. The maximum atomic E-state index is 14.1. The van der Waals surface area contributed by atoms with Crippen molar-refractivity contribution in [3.8, 4) is 0 Å². The van der Waals surface area contributed by atoms with Crippen LogP contribution in [0.4, 0.5) is 18.9 Å². The van der Waals surface area contributed by atoms with E-state index in [9.17, 15) is 31.2 Å². The Morgan fingerprint density at radius 1 is 0.932 bits per heavy atom. The molecule has 0 heterocycles. The van der Waals surface area contributed by atoms with Crippen LogP contribution in [0.3, 0.4) is 0 Å². The Morgan fingerprint density at radius 2 is 1.59 bits per heavy atom. The standard InChI is InChI=1S/C33H38F3N3O4S/c1-23-16-18-30(19-17-23)44(42,43)39(29-15-9-12-27(20-29)33(34,35)36)22-31(40)38(21-26-11-8-7-10-24(26)2)25(3)32(41)37-28-13-5-4-6-14-28/h7-12,15-20,25,28H,4-6,13-14,21-22H2,1-3H3,(H,37,41). The average molecular weight is 630 g/mol. The van der Waals surface area contributed by atoms with Crippen molar-refractivity contribution < 1.29 is 31.2 Å². The molecule has 4 rings (SSSR count). The highest BCUT2D eigenvalue weighted by molar-refractivity contribution is 7.92. The SMILES string of the molecule is Cc1ccc(S(=O)(=O)N(CC(=O)N(Cc2ccccc2C)C(C)C(=O)NC2CCCCC2)c2cccc(C(F)(F)F)c2)cc1. The molecule has 1 saturated carbocycles. The van der Waals surface area contributed by atoms with E-state index in [-0.39, 0.29) is 29.1 Å². The summed E-state index contributed by atoms with van der Waals surface area (Å²) in [6.07, 6.45) is 0.0230. The van der Waals surface area contributed by atoms with E-state index in [1.54, 1.807) is 32.0 Å². The largest absolute Gasteiger partial charge is 0.416 e. The van der Waals surface area contributed by atoms with Gasteiger partial charge < -0.3 is 10.2 Å². The molecule has 0 saturated heterocycles. The number of aryl methyl sites for hydroxylation is 2. The number of nitrogens with one attached hydrogen (secondary N) is 1. The van der Waals surface area contributed by atoms with Crippen molar-refractivity contribution in [1.82, 2.24) is 10.2 Å². The van der Waals surface area contributed by atoms with Gasteiger partial charge in [-0.2, -0.15) is 13.2 Å². The lowest BCUT2D eigenvalue weighted by Gasteiger charge is -2.33. The topological polar surface area (TPSA) is 86.8 Å². The highest BCUT2D eigenvalue weighted by Gasteiger charge is 2.35. The molecule has 3 aromatic rings. The predicted octanol–water partition coefficient (Wildman–Crippen LogP) is 6.38. The number of nitrogens with zero attached hydrogens (tertiary/aromatic N) is 2. The number of hydrogen-bond acceptors (Lipinski definition) is 4. The van der Waals surface area contributed by atoms with Crippen LogP contribution in [0.25, 0.3) is 0 Å². The Hall–Kier alpha value is -3.86. The molecule has 3 aromatic carbocycles. The first-order valence-electron chi connectivity index (χ1n) is 14.7. The first-order valence-corrected chi connectivity index (χ1v) is 16.1. The fourth-order valence-electron chi connectivity index (χ4n) is 5.33. The number of rotatable bonds is 10. The predicted molar refractivity (Wildman–Crippen MR) is 163 cm³/mol. The zero-order valence-electron chi connectivity index (χ0n) is 25.1. The van der Waals surface area contributed by atoms with Gasteiger partial charge in [0.15, 0.2) is 0 Å². The molecule has 2 amide bonds. The number of benzene rings is 3. The maximum absolute atomic E-state index is 14.1. The first-order chi connectivity index (χ1) is 20.8. The number of carbonyl (C=O) groups excluding carboxylic acids is 2. The van der Waals surface area contributed by atoms with E-state index in [0.717, 1.165) is 60.9 Å². The van der Waals surface area contributed by atoms with Crippen LogP contribution in [0, 0.1) is 13.8 Å². The number of carbonyl (C=O) groups is 2. The number of hydrogen-bond donors (Lipinski definition) is 1. The Balaban J connectivity index is 1.73. The smallest absolute Gasteiger partial charge is 0.352 e. The lowest BCUT2D eigenvalue weighted by atomic mass is 9.95. The molecule has 1 N–H and O–H groups in total. The highest BCUT2D eigenvalue weighted by atomic mass is 32.2. The lowest BCUT2D eigenvalue weighted by molar-refractivity contribution is -0.139. The second-order valence-electron chi connectivity index (χ2n) is 11.3. The van der Waals surface area contributed by atoms with Gasteiger partial charge in [0, 0.05) is 12.6 Å². The highest BCUT2D eigenvalue weighted by Crippen LogP contribution is 2.33. The van der Waals surface area contributed by atoms with Gasteiger partial charge in [0.1, 0.15) is 12.6 Å². The van der Waals surface area contributed by atoms with Gasteiger partial charge in [0.05, 0.1) is 16.1 Å². The zero-order valence-corrected chi connectivity index (χ0v) is 25.9. The molecule has 0 spiro atoms. The van der Waals surface area contributed by atoms with E-state index >= 15 is 0 Å². The Bertz CT molecular complexity index is 1570. The fraction of sp³-hybridized carbons (Fsp3) is 0.394. The van der Waals surface area contributed by atoms with Crippen molar-refractivity contribution in [2.24, 2.45) is 0 Å². The average Bonchev–Trinajstić information content (AvgIpc) is 2.99. The second kappa shape index (κ2) is 13.8. The fourth-order valence-corrected chi connectivity index (χ4v) is 6.73. The summed E-state index contributed by atoms with van der Waals surface area (Å²) in [5.74, 6) is -1.10. The number of halogens is 3. The molecule has 236 valence electrons. The summed E-state index contributed by atoms with van der Waals surface area (Å²) in [4.78, 5) is 28.7. The summed E-state index contributed by atoms with van der Waals surface area (Å²) in [5.41, 5.74) is 1.04. The number of alkyl halides is 3. The molecule has 0 aromatic heterocycles. The van der Waals surface area contributed by atoms with E-state index in [0.29, 0.717) is 10.4 Å². The van der Waals surface area contributed by atoms with Gasteiger partial charge in [-0.15, -0.1) is 0 Å². The lowest BCUT2D eigenvalue weighted by Crippen LogP contribution is -2.53. The summed E-state index contributed by atoms with van der Waals surface area (Å²) in [6, 6.07) is 16.0. The zero-order chi connectivity index (χ0) is 32.1. The summed E-state index contributed by atoms with van der Waals surface area (Å²) >= 11 is 0. The number of anilines is 1. The first kappa shape index (κ1) is 33.0. The van der Waals surface area contributed by atoms with Crippen molar-refractivity contribution >= 4 is 27.5 Å². The quantitative estimate of drug-likeness (QED) is 0.282. The third kappa shape index (κ3) is 7.99. The molecule has 1 aliphatic carbocycles. The van der Waals surface area contributed by atoms with Crippen LogP contribution in [0.5, 0.6) is 0 Å². The summed E-state index contributed by atoms with van der Waals surface area (Å²) < 4.78 is 69.6. The summed E-state index contributed by atoms with van der Waals surface area (Å²) in [5, 5.41) is 3.04. The molecule has 1 fully saturated rings. The molecule has 0 bridgehead atoms. The molecule has 1 unspecified atom stereocenters. The number of amides is 2. The van der Waals surface area contributed by atoms with Crippen LogP contribution in [0.2, 0.25) is 0 Å². The monoisotopic (exact) mass is 629 g/mol. The Labute approximate surface area is 257 Å². The van der Waals surface area contributed by atoms with Crippen LogP contribution >= 0.6 is 0 Å². The van der Waals surface area contributed by atoms with Crippen molar-refractivity contribution in [3.05, 3.63) is 95.1 Å². The molecule has 7 nitrogen and oxygen atoms in total. The van der Waals surface area contributed by atoms with E-state index < -0.39 is 40.3 Å². The van der Waals surface area contributed by atoms with E-state index in [4.69, 9.17) is 0 Å². The van der Waals surface area contributed by atoms with Crippen molar-refractivity contribution in [2.75, 3.05) is 10.8 Å². The van der Waals surface area contributed by atoms with Crippen LogP contribution in [-0.2, 0) is 32.3 Å². The molecule has 44 heavy (non-hydrogen) atoms. The second-order valence-corrected chi connectivity index (χ2v) is 13.2. The summed E-state index contributed by atoms with van der Waals surface area (Å²) in [6.45, 7) is 4.41. The van der Waals surface area contributed by atoms with Crippen LogP contribution < -0.4 is 9.62 Å². The molecular formula is C33H38F3N3O4S. The van der Waals surface area contributed by atoms with Crippen molar-refractivity contribution in [2.45, 2.75) is 82.6 Å². The normalized spacial score (nSPS) is 15.0. The Kier molecular flexibility index (Phi) is 10.4. The third-order valence-corrected chi connectivity index (χ3v) is 9.86. The van der Waals surface area contributed by atoms with Crippen molar-refractivity contribution in [3.63, 3.8) is 0 Å². The molecule has 0 aliphatic heterocycles. The minimum Gasteiger partial charge on any atom is -0.352 e. The minimum absolute atomic E-state index is 0.00572. The Morgan fingerprint density at radius 3 is 2.23 bits per heavy atom. The van der Waals surface area contributed by atoms with Crippen LogP contribution in [-0.4, -0.2) is 43.8 Å². The van der Waals surface area contributed by atoms with Gasteiger partial charge in [-0.05, 0) is 75.1 Å². The number of sulfonamides is 1. The van der Waals surface area contributed by atoms with Gasteiger partial charge in [0.2, 0.25) is 11.8 Å². The van der Waals surface area contributed by atoms with Gasteiger partial charge in [0.25, 0.3) is 10.0 Å². The van der Waals surface area contributed by atoms with Gasteiger partial charge in [-0.1, -0.05) is 67.3 Å². The summed E-state index contributed by atoms with van der Waals surface area (Å²) in [7, 11) is -4.49.